The van der Waals surface area contributed by atoms with Crippen LogP contribution in [0.25, 0.3) is 22.4 Å². The molecule has 0 aliphatic rings. The molecule has 8 heteroatoms. The fourth-order valence-corrected chi connectivity index (χ4v) is 3.64. The molecule has 0 saturated carbocycles. The van der Waals surface area contributed by atoms with Crippen LogP contribution in [0.4, 0.5) is 5.69 Å². The molecule has 0 fully saturated rings. The van der Waals surface area contributed by atoms with E-state index in [-0.39, 0.29) is 13.3 Å². The topological polar surface area (TPSA) is 94.8 Å². The molecule has 1 N–H and O–H groups in total. The van der Waals surface area contributed by atoms with E-state index in [2.05, 4.69) is 25.4 Å². The molecule has 3 heterocycles. The Morgan fingerprint density at radius 2 is 1.89 bits per heavy atom. The molecule has 0 spiro atoms. The minimum absolute atomic E-state index is 0. The van der Waals surface area contributed by atoms with Gasteiger partial charge < -0.3 is 10.1 Å². The van der Waals surface area contributed by atoms with Gasteiger partial charge in [-0.25, -0.2) is 4.98 Å². The van der Waals surface area contributed by atoms with Crippen LogP contribution in [-0.2, 0) is 7.05 Å². The van der Waals surface area contributed by atoms with Gasteiger partial charge in [0.2, 0.25) is 5.88 Å². The highest BCUT2D eigenvalue weighted by Crippen LogP contribution is 2.30. The van der Waals surface area contributed by atoms with Crippen molar-refractivity contribution in [2.75, 3.05) is 5.32 Å². The first-order chi connectivity index (χ1) is 16.5. The van der Waals surface area contributed by atoms with Crippen molar-refractivity contribution < 1.29 is 9.53 Å². The highest BCUT2D eigenvalue weighted by molar-refractivity contribution is 6.05. The van der Waals surface area contributed by atoms with Gasteiger partial charge in [0.05, 0.1) is 0 Å². The van der Waals surface area contributed by atoms with E-state index in [0.29, 0.717) is 34.1 Å². The second-order valence-electron chi connectivity index (χ2n) is 8.04. The number of hydrogen-bond acceptors (Lipinski definition) is 6. The summed E-state index contributed by atoms with van der Waals surface area (Å²) in [6.45, 7) is 3.87. The molecule has 0 unspecified atom stereocenters. The summed E-state index contributed by atoms with van der Waals surface area (Å²) >= 11 is 0. The van der Waals surface area contributed by atoms with Gasteiger partial charge in [-0.3, -0.25) is 14.5 Å². The number of fused-ring (bicyclic) bond motifs is 1. The second kappa shape index (κ2) is 9.72. The number of ether oxygens (including phenoxy) is 1. The molecule has 1 amide bonds. The van der Waals surface area contributed by atoms with Crippen LogP contribution >= 0.6 is 0 Å². The number of hydrogen-bond donors (Lipinski definition) is 1. The number of nitrogens with zero attached hydrogens (tertiary/aromatic N) is 5. The number of nitrogens with one attached hydrogen (secondary N) is 1. The van der Waals surface area contributed by atoms with Gasteiger partial charge in [0.15, 0.2) is 11.5 Å². The predicted molar refractivity (Wildman–Crippen MR) is 137 cm³/mol. The Balaban J connectivity index is 0.00000289. The lowest BCUT2D eigenvalue weighted by Gasteiger charge is -2.12. The van der Waals surface area contributed by atoms with Crippen LogP contribution in [-0.4, -0.2) is 30.6 Å². The van der Waals surface area contributed by atoms with Gasteiger partial charge in [0.25, 0.3) is 5.91 Å². The maximum Gasteiger partial charge on any atom is 0.256 e. The number of rotatable bonds is 5. The van der Waals surface area contributed by atoms with Crippen molar-refractivity contribution in [3.05, 3.63) is 89.9 Å². The molecule has 0 radical (unpaired) electrons. The summed E-state index contributed by atoms with van der Waals surface area (Å²) in [5.74, 6) is 1.09. The first kappa shape index (κ1) is 23.6. The Bertz CT molecular complexity index is 1510. The highest BCUT2D eigenvalue weighted by atomic mass is 16.5. The molecular weight excluding hydrogens is 440 g/mol. The van der Waals surface area contributed by atoms with Crippen molar-refractivity contribution in [3.8, 4) is 23.0 Å². The number of carbonyl (C=O) groups excluding carboxylic acids is 1. The monoisotopic (exact) mass is 466 g/mol. The Kier molecular flexibility index (Phi) is 6.55. The summed E-state index contributed by atoms with van der Waals surface area (Å²) in [4.78, 5) is 26.3. The second-order valence-corrected chi connectivity index (χ2v) is 8.04. The molecule has 176 valence electrons. The van der Waals surface area contributed by atoms with Crippen LogP contribution in [0.5, 0.6) is 11.6 Å². The van der Waals surface area contributed by atoms with Crippen LogP contribution in [0, 0.1) is 13.8 Å². The van der Waals surface area contributed by atoms with Crippen molar-refractivity contribution >= 4 is 22.6 Å². The van der Waals surface area contributed by atoms with Crippen molar-refractivity contribution in [1.82, 2.24) is 24.7 Å². The van der Waals surface area contributed by atoms with E-state index in [1.807, 2.05) is 69.4 Å². The molecule has 35 heavy (non-hydrogen) atoms. The third-order valence-electron chi connectivity index (χ3n) is 5.32. The lowest BCUT2D eigenvalue weighted by molar-refractivity contribution is 0.102. The molecular formula is C27H26N6O2. The van der Waals surface area contributed by atoms with Crippen molar-refractivity contribution in [2.45, 2.75) is 21.3 Å². The standard InChI is InChI=1S/C26H22N6O2.CH4/c1-16-6-4-8-19(12-16)28-25(33)21-13-20(10-9-17(21)2)34-26-22-15-32(3)31-24(22)29-23(30-26)18-7-5-11-27-14-18;/h4-15H,1-3H3,(H,28,33);1H4. The number of aryl methyl sites for hydroxylation is 3. The normalized spacial score (nSPS) is 10.6. The summed E-state index contributed by atoms with van der Waals surface area (Å²) in [6.07, 6.45) is 5.18. The third kappa shape index (κ3) is 5.01. The van der Waals surface area contributed by atoms with E-state index in [4.69, 9.17) is 4.74 Å². The zero-order valence-electron chi connectivity index (χ0n) is 19.0. The SMILES string of the molecule is C.Cc1cccc(NC(=O)c2cc(Oc3nc(-c4cccnc4)nc4nn(C)cc34)ccc2C)c1. The summed E-state index contributed by atoms with van der Waals surface area (Å²) in [6, 6.07) is 16.8. The first-order valence-electron chi connectivity index (χ1n) is 10.7. The summed E-state index contributed by atoms with van der Waals surface area (Å²) in [7, 11) is 1.81. The molecule has 0 aliphatic carbocycles. The van der Waals surface area contributed by atoms with E-state index in [0.717, 1.165) is 22.4 Å². The quantitative estimate of drug-likeness (QED) is 0.356. The van der Waals surface area contributed by atoms with Gasteiger partial charge in [-0.05, 0) is 61.4 Å². The smallest absolute Gasteiger partial charge is 0.256 e. The highest BCUT2D eigenvalue weighted by Gasteiger charge is 2.16. The summed E-state index contributed by atoms with van der Waals surface area (Å²) < 4.78 is 7.84. The van der Waals surface area contributed by atoms with E-state index < -0.39 is 0 Å². The number of benzene rings is 2. The van der Waals surface area contributed by atoms with E-state index in [1.165, 1.54) is 0 Å². The molecule has 0 aliphatic heterocycles. The average Bonchev–Trinajstić information content (AvgIpc) is 3.21. The minimum Gasteiger partial charge on any atom is -0.438 e. The maximum absolute atomic E-state index is 13.0. The molecule has 0 saturated heterocycles. The molecule has 8 nitrogen and oxygen atoms in total. The van der Waals surface area contributed by atoms with E-state index in [9.17, 15) is 4.79 Å². The fourth-order valence-electron chi connectivity index (χ4n) is 3.64. The Morgan fingerprint density at radius 1 is 1.03 bits per heavy atom. The lowest BCUT2D eigenvalue weighted by Crippen LogP contribution is -2.13. The largest absolute Gasteiger partial charge is 0.438 e. The Morgan fingerprint density at radius 3 is 2.66 bits per heavy atom. The molecule has 5 aromatic rings. The number of anilines is 1. The third-order valence-corrected chi connectivity index (χ3v) is 5.32. The van der Waals surface area contributed by atoms with Gasteiger partial charge in [0.1, 0.15) is 11.1 Å². The number of carbonyl (C=O) groups is 1. The fraction of sp³-hybridized carbons (Fsp3) is 0.148. The average molecular weight is 467 g/mol. The lowest BCUT2D eigenvalue weighted by atomic mass is 10.1. The van der Waals surface area contributed by atoms with Crippen LogP contribution in [0.2, 0.25) is 0 Å². The molecule has 0 bridgehead atoms. The van der Waals surface area contributed by atoms with Crippen molar-refractivity contribution in [1.29, 1.82) is 0 Å². The molecule has 0 atom stereocenters. The van der Waals surface area contributed by atoms with E-state index >= 15 is 0 Å². The predicted octanol–water partition coefficient (Wildman–Crippen LogP) is 5.72. The number of amides is 1. The Labute approximate surface area is 203 Å². The van der Waals surface area contributed by atoms with Gasteiger partial charge in [-0.2, -0.15) is 10.1 Å². The minimum atomic E-state index is -0.209. The van der Waals surface area contributed by atoms with Gasteiger partial charge >= 0.3 is 0 Å². The van der Waals surface area contributed by atoms with Crippen LogP contribution in [0.15, 0.2) is 73.2 Å². The van der Waals surface area contributed by atoms with Gasteiger partial charge in [-0.15, -0.1) is 0 Å². The number of pyridine rings is 1. The van der Waals surface area contributed by atoms with Crippen LogP contribution in [0.1, 0.15) is 28.9 Å². The van der Waals surface area contributed by atoms with Crippen molar-refractivity contribution in [2.24, 2.45) is 7.05 Å². The summed E-state index contributed by atoms with van der Waals surface area (Å²) in [5, 5.41) is 8.04. The molecule has 5 rings (SSSR count). The van der Waals surface area contributed by atoms with Crippen LogP contribution < -0.4 is 10.1 Å². The zero-order valence-corrected chi connectivity index (χ0v) is 19.0. The first-order valence-corrected chi connectivity index (χ1v) is 10.7. The van der Waals surface area contributed by atoms with Crippen LogP contribution in [0.3, 0.4) is 0 Å². The maximum atomic E-state index is 13.0. The molecule has 2 aromatic carbocycles. The Hall–Kier alpha value is -4.59. The molecule has 3 aromatic heterocycles. The van der Waals surface area contributed by atoms with Gasteiger partial charge in [-0.1, -0.05) is 25.6 Å². The summed E-state index contributed by atoms with van der Waals surface area (Å²) in [5.41, 5.74) is 4.42. The van der Waals surface area contributed by atoms with Crippen molar-refractivity contribution in [3.63, 3.8) is 0 Å². The number of aromatic nitrogens is 5. The van der Waals surface area contributed by atoms with Gasteiger partial charge in [0, 0.05) is 42.5 Å². The van der Waals surface area contributed by atoms with E-state index in [1.54, 1.807) is 29.3 Å². The zero-order chi connectivity index (χ0) is 23.7.